The fourth-order valence-corrected chi connectivity index (χ4v) is 1.91. The van der Waals surface area contributed by atoms with Crippen LogP contribution in [-0.4, -0.2) is 35.6 Å². The average Bonchev–Trinajstić information content (AvgIpc) is 2.32. The lowest BCUT2D eigenvalue weighted by molar-refractivity contribution is 0.116. The van der Waals surface area contributed by atoms with Crippen molar-refractivity contribution in [2.75, 3.05) is 13.2 Å². The molecule has 114 valence electrons. The van der Waals surface area contributed by atoms with Crippen molar-refractivity contribution in [1.29, 1.82) is 0 Å². The smallest absolute Gasteiger partial charge is 0.126 e. The van der Waals surface area contributed by atoms with Gasteiger partial charge in [-0.15, -0.1) is 0 Å². The van der Waals surface area contributed by atoms with Crippen LogP contribution in [0.4, 0.5) is 0 Å². The third-order valence-electron chi connectivity index (χ3n) is 2.70. The van der Waals surface area contributed by atoms with E-state index in [1.54, 1.807) is 13.8 Å². The Morgan fingerprint density at radius 3 is 1.65 bits per heavy atom. The molecule has 0 aliphatic carbocycles. The molecular weight excluding hydrogens is 256 g/mol. The molecule has 2 N–H and O–H groups in total. The van der Waals surface area contributed by atoms with E-state index in [1.807, 2.05) is 18.2 Å². The first-order valence-electron chi connectivity index (χ1n) is 6.97. The molecule has 0 saturated heterocycles. The fourth-order valence-electron chi connectivity index (χ4n) is 1.91. The molecule has 0 aliphatic rings. The van der Waals surface area contributed by atoms with Gasteiger partial charge in [0.2, 0.25) is 0 Å². The number of rotatable bonds is 6. The first kappa shape index (κ1) is 16.8. The molecular formula is C16H26O4. The minimum Gasteiger partial charge on any atom is -0.490 e. The molecule has 0 bridgehead atoms. The number of hydrogen-bond acceptors (Lipinski definition) is 4. The third-order valence-corrected chi connectivity index (χ3v) is 2.70. The molecule has 0 saturated carbocycles. The maximum atomic E-state index is 9.36. The molecule has 2 unspecified atom stereocenters. The quantitative estimate of drug-likeness (QED) is 0.841. The first-order chi connectivity index (χ1) is 9.21. The molecule has 1 aromatic rings. The molecule has 0 amide bonds. The van der Waals surface area contributed by atoms with Gasteiger partial charge in [-0.3, -0.25) is 0 Å². The van der Waals surface area contributed by atoms with E-state index in [9.17, 15) is 10.2 Å². The highest BCUT2D eigenvalue weighted by Crippen LogP contribution is 2.38. The van der Waals surface area contributed by atoms with E-state index in [2.05, 4.69) is 20.8 Å². The van der Waals surface area contributed by atoms with Gasteiger partial charge in [-0.05, 0) is 31.4 Å². The monoisotopic (exact) mass is 282 g/mol. The molecule has 20 heavy (non-hydrogen) atoms. The zero-order valence-corrected chi connectivity index (χ0v) is 13.0. The maximum absolute atomic E-state index is 9.36. The molecule has 1 aromatic carbocycles. The van der Waals surface area contributed by atoms with Gasteiger partial charge >= 0.3 is 0 Å². The number of ether oxygens (including phenoxy) is 2. The van der Waals surface area contributed by atoms with Crippen LogP contribution >= 0.6 is 0 Å². The van der Waals surface area contributed by atoms with E-state index in [0.29, 0.717) is 11.5 Å². The standard InChI is InChI=1S/C16H26O4/c1-11(17)9-19-13-7-6-8-14(20-10-12(2)18)15(13)16(3,4)5/h6-8,11-12,17-18H,9-10H2,1-5H3. The Bertz CT molecular complexity index is 389. The second kappa shape index (κ2) is 6.95. The number of aliphatic hydroxyl groups is 2. The Labute approximate surface area is 121 Å². The van der Waals surface area contributed by atoms with Crippen LogP contribution < -0.4 is 9.47 Å². The van der Waals surface area contributed by atoms with Gasteiger partial charge in [-0.25, -0.2) is 0 Å². The second-order valence-corrected chi connectivity index (χ2v) is 6.20. The van der Waals surface area contributed by atoms with Crippen molar-refractivity contribution in [2.45, 2.75) is 52.2 Å². The Morgan fingerprint density at radius 2 is 1.35 bits per heavy atom. The summed E-state index contributed by atoms with van der Waals surface area (Å²) in [6.07, 6.45) is -1.05. The van der Waals surface area contributed by atoms with Crippen molar-refractivity contribution in [1.82, 2.24) is 0 Å². The van der Waals surface area contributed by atoms with Crippen LogP contribution in [-0.2, 0) is 5.41 Å². The fraction of sp³-hybridized carbons (Fsp3) is 0.625. The summed E-state index contributed by atoms with van der Waals surface area (Å²) in [5, 5.41) is 18.7. The Hall–Kier alpha value is -1.26. The number of benzene rings is 1. The van der Waals surface area contributed by atoms with E-state index in [0.717, 1.165) is 5.56 Å². The van der Waals surface area contributed by atoms with Crippen molar-refractivity contribution in [2.24, 2.45) is 0 Å². The zero-order chi connectivity index (χ0) is 15.3. The molecule has 0 spiro atoms. The lowest BCUT2D eigenvalue weighted by Crippen LogP contribution is -2.20. The SMILES string of the molecule is CC(O)COc1cccc(OCC(C)O)c1C(C)(C)C. The van der Waals surface area contributed by atoms with Gasteiger partial charge in [0, 0.05) is 5.56 Å². The van der Waals surface area contributed by atoms with Crippen molar-refractivity contribution in [3.63, 3.8) is 0 Å². The van der Waals surface area contributed by atoms with E-state index in [1.165, 1.54) is 0 Å². The van der Waals surface area contributed by atoms with Crippen LogP contribution in [0.1, 0.15) is 40.2 Å². The van der Waals surface area contributed by atoms with Crippen molar-refractivity contribution in [3.8, 4) is 11.5 Å². The number of aliphatic hydroxyl groups excluding tert-OH is 2. The normalized spacial score (nSPS) is 14.8. The van der Waals surface area contributed by atoms with Gasteiger partial charge in [0.25, 0.3) is 0 Å². The molecule has 2 atom stereocenters. The van der Waals surface area contributed by atoms with Crippen LogP contribution in [0.3, 0.4) is 0 Å². The summed E-state index contributed by atoms with van der Waals surface area (Å²) >= 11 is 0. The highest BCUT2D eigenvalue weighted by molar-refractivity contribution is 5.49. The predicted octanol–water partition coefficient (Wildman–Crippen LogP) is 2.50. The molecule has 0 fully saturated rings. The van der Waals surface area contributed by atoms with E-state index >= 15 is 0 Å². The maximum Gasteiger partial charge on any atom is 0.126 e. The molecule has 0 aromatic heterocycles. The highest BCUT2D eigenvalue weighted by atomic mass is 16.5. The molecule has 0 aliphatic heterocycles. The summed E-state index contributed by atoms with van der Waals surface area (Å²) in [5.41, 5.74) is 0.782. The van der Waals surface area contributed by atoms with Gasteiger partial charge in [-0.2, -0.15) is 0 Å². The van der Waals surface area contributed by atoms with Crippen LogP contribution in [0.25, 0.3) is 0 Å². The van der Waals surface area contributed by atoms with Gasteiger partial charge in [-0.1, -0.05) is 26.8 Å². The first-order valence-corrected chi connectivity index (χ1v) is 6.97. The summed E-state index contributed by atoms with van der Waals surface area (Å²) in [4.78, 5) is 0. The van der Waals surface area contributed by atoms with Crippen molar-refractivity contribution in [3.05, 3.63) is 23.8 Å². The Balaban J connectivity index is 3.07. The largest absolute Gasteiger partial charge is 0.490 e. The van der Waals surface area contributed by atoms with Gasteiger partial charge in [0.15, 0.2) is 0 Å². The van der Waals surface area contributed by atoms with Crippen molar-refractivity contribution < 1.29 is 19.7 Å². The van der Waals surface area contributed by atoms with E-state index < -0.39 is 12.2 Å². The van der Waals surface area contributed by atoms with Gasteiger partial charge in [0.1, 0.15) is 24.7 Å². The predicted molar refractivity (Wildman–Crippen MR) is 79.5 cm³/mol. The second-order valence-electron chi connectivity index (χ2n) is 6.20. The third kappa shape index (κ3) is 5.02. The van der Waals surface area contributed by atoms with Crippen LogP contribution in [0.2, 0.25) is 0 Å². The molecule has 4 nitrogen and oxygen atoms in total. The molecule has 0 radical (unpaired) electrons. The zero-order valence-electron chi connectivity index (χ0n) is 13.0. The van der Waals surface area contributed by atoms with Gasteiger partial charge in [0.05, 0.1) is 12.2 Å². The highest BCUT2D eigenvalue weighted by Gasteiger charge is 2.24. The minimum atomic E-state index is -0.523. The summed E-state index contributed by atoms with van der Waals surface area (Å²) in [7, 11) is 0. The number of hydrogen-bond donors (Lipinski definition) is 2. The van der Waals surface area contributed by atoms with Crippen LogP contribution in [0.15, 0.2) is 18.2 Å². The lowest BCUT2D eigenvalue weighted by Gasteiger charge is -2.26. The summed E-state index contributed by atoms with van der Waals surface area (Å²) in [6, 6.07) is 5.60. The van der Waals surface area contributed by atoms with Crippen LogP contribution in [0, 0.1) is 0 Å². The topological polar surface area (TPSA) is 58.9 Å². The van der Waals surface area contributed by atoms with E-state index in [4.69, 9.17) is 9.47 Å². The van der Waals surface area contributed by atoms with Crippen LogP contribution in [0.5, 0.6) is 11.5 Å². The Kier molecular flexibility index (Phi) is 5.84. The van der Waals surface area contributed by atoms with Gasteiger partial charge < -0.3 is 19.7 Å². The summed E-state index contributed by atoms with van der Waals surface area (Å²) < 4.78 is 11.4. The molecule has 0 heterocycles. The molecule has 4 heteroatoms. The summed E-state index contributed by atoms with van der Waals surface area (Å²) in [5.74, 6) is 1.42. The lowest BCUT2D eigenvalue weighted by atomic mass is 9.85. The average molecular weight is 282 g/mol. The molecule has 1 rings (SSSR count). The van der Waals surface area contributed by atoms with Crippen molar-refractivity contribution >= 4 is 0 Å². The summed E-state index contributed by atoms with van der Waals surface area (Å²) in [6.45, 7) is 10.1. The van der Waals surface area contributed by atoms with E-state index in [-0.39, 0.29) is 18.6 Å². The Morgan fingerprint density at radius 1 is 0.950 bits per heavy atom. The minimum absolute atomic E-state index is 0.163.